The molecule has 0 aliphatic rings. The molecule has 3 N–H and O–H groups in total. The molecule has 0 heterocycles. The molecule has 0 saturated heterocycles. The zero-order chi connectivity index (χ0) is 16.0. The van der Waals surface area contributed by atoms with Gasteiger partial charge in [0.25, 0.3) is 0 Å². The lowest BCUT2D eigenvalue weighted by molar-refractivity contribution is -0.136. The smallest absolute Gasteiger partial charge is 0.313 e. The maximum absolute atomic E-state index is 11.8. The molecule has 0 spiro atoms. The fourth-order valence-corrected chi connectivity index (χ4v) is 2.17. The minimum atomic E-state index is -0.761. The quantitative estimate of drug-likeness (QED) is 0.729. The number of benzene rings is 1. The van der Waals surface area contributed by atoms with Crippen LogP contribution in [0.4, 0.5) is 5.69 Å². The highest BCUT2D eigenvalue weighted by Gasteiger charge is 2.19. The molecule has 0 radical (unpaired) electrons. The van der Waals surface area contributed by atoms with Gasteiger partial charge in [0.1, 0.15) is 0 Å². The summed E-state index contributed by atoms with van der Waals surface area (Å²) in [6.07, 6.45) is 0.607. The molecule has 0 aliphatic heterocycles. The van der Waals surface area contributed by atoms with Gasteiger partial charge >= 0.3 is 11.8 Å². The zero-order valence-corrected chi connectivity index (χ0v) is 13.2. The molecular weight excluding hydrogens is 292 g/mol. The number of halogens is 1. The number of hydrogen-bond donors (Lipinski definition) is 3. The molecule has 0 saturated carbocycles. The third kappa shape index (κ3) is 5.73. The molecule has 116 valence electrons. The number of aliphatic hydroxyl groups excluding tert-OH is 1. The Labute approximate surface area is 129 Å². The molecule has 21 heavy (non-hydrogen) atoms. The number of anilines is 1. The number of rotatable bonds is 5. The second-order valence-corrected chi connectivity index (χ2v) is 5.83. The minimum absolute atomic E-state index is 0.197. The van der Waals surface area contributed by atoms with Gasteiger partial charge in [-0.25, -0.2) is 0 Å². The summed E-state index contributed by atoms with van der Waals surface area (Å²) in [6.45, 7) is 5.55. The summed E-state index contributed by atoms with van der Waals surface area (Å²) in [7, 11) is 0. The molecule has 5 nitrogen and oxygen atoms in total. The molecule has 1 atom stereocenters. The van der Waals surface area contributed by atoms with Crippen molar-refractivity contribution in [3.8, 4) is 0 Å². The van der Waals surface area contributed by atoms with Gasteiger partial charge in [0.2, 0.25) is 0 Å². The zero-order valence-electron chi connectivity index (χ0n) is 12.4. The van der Waals surface area contributed by atoms with Crippen LogP contribution in [0.15, 0.2) is 18.2 Å². The predicted molar refractivity (Wildman–Crippen MR) is 83.3 cm³/mol. The second kappa shape index (κ2) is 8.00. The van der Waals surface area contributed by atoms with E-state index in [1.54, 1.807) is 25.1 Å². The van der Waals surface area contributed by atoms with Crippen LogP contribution < -0.4 is 10.6 Å². The van der Waals surface area contributed by atoms with Crippen LogP contribution in [0.25, 0.3) is 0 Å². The Kier molecular flexibility index (Phi) is 6.65. The van der Waals surface area contributed by atoms with E-state index in [1.165, 1.54) is 0 Å². The summed E-state index contributed by atoms with van der Waals surface area (Å²) in [5.41, 5.74) is 1.30. The third-order valence-corrected chi connectivity index (χ3v) is 3.19. The summed E-state index contributed by atoms with van der Waals surface area (Å²) >= 11 is 5.83. The Bertz CT molecular complexity index is 518. The van der Waals surface area contributed by atoms with E-state index in [2.05, 4.69) is 10.6 Å². The Morgan fingerprint density at radius 2 is 1.95 bits per heavy atom. The lowest BCUT2D eigenvalue weighted by Crippen LogP contribution is -2.44. The van der Waals surface area contributed by atoms with Crippen LogP contribution >= 0.6 is 11.6 Å². The lowest BCUT2D eigenvalue weighted by atomic mass is 10.0. The van der Waals surface area contributed by atoms with Crippen molar-refractivity contribution in [2.24, 2.45) is 5.92 Å². The molecule has 0 aliphatic carbocycles. The first-order valence-corrected chi connectivity index (χ1v) is 7.20. The van der Waals surface area contributed by atoms with Gasteiger partial charge in [-0.05, 0) is 43.0 Å². The van der Waals surface area contributed by atoms with Crippen molar-refractivity contribution in [1.82, 2.24) is 5.32 Å². The van der Waals surface area contributed by atoms with Crippen molar-refractivity contribution < 1.29 is 14.7 Å². The Morgan fingerprint density at radius 1 is 1.29 bits per heavy atom. The topological polar surface area (TPSA) is 78.4 Å². The highest BCUT2D eigenvalue weighted by Crippen LogP contribution is 2.19. The van der Waals surface area contributed by atoms with E-state index in [-0.39, 0.29) is 6.61 Å². The van der Waals surface area contributed by atoms with E-state index in [9.17, 15) is 14.7 Å². The average molecular weight is 313 g/mol. The molecule has 2 amide bonds. The normalized spacial score (nSPS) is 12.1. The molecule has 1 aromatic rings. The first-order valence-electron chi connectivity index (χ1n) is 6.82. The Hall–Kier alpha value is -1.59. The standard InChI is InChI=1S/C15H21ClN2O3/c1-9(2)6-12(8-19)17-14(20)15(21)18-13-5-4-11(16)7-10(13)3/h4-5,7,9,12,19H,6,8H2,1-3H3,(H,17,20)(H,18,21). The van der Waals surface area contributed by atoms with E-state index >= 15 is 0 Å². The number of carbonyl (C=O) groups excluding carboxylic acids is 2. The number of amides is 2. The third-order valence-electron chi connectivity index (χ3n) is 2.95. The van der Waals surface area contributed by atoms with Crippen LogP contribution in [0.1, 0.15) is 25.8 Å². The number of aliphatic hydroxyl groups is 1. The van der Waals surface area contributed by atoms with Gasteiger partial charge in [0.05, 0.1) is 12.6 Å². The summed E-state index contributed by atoms with van der Waals surface area (Å²) in [4.78, 5) is 23.7. The molecule has 1 unspecified atom stereocenters. The molecule has 0 bridgehead atoms. The molecule has 1 rings (SSSR count). The molecule has 1 aromatic carbocycles. The second-order valence-electron chi connectivity index (χ2n) is 5.40. The first kappa shape index (κ1) is 17.5. The summed E-state index contributed by atoms with van der Waals surface area (Å²) in [6, 6.07) is 4.55. The first-order chi connectivity index (χ1) is 9.83. The molecule has 0 fully saturated rings. The molecule has 6 heteroatoms. The summed E-state index contributed by atoms with van der Waals surface area (Å²) < 4.78 is 0. The highest BCUT2D eigenvalue weighted by atomic mass is 35.5. The number of nitrogens with one attached hydrogen (secondary N) is 2. The minimum Gasteiger partial charge on any atom is -0.394 e. The van der Waals surface area contributed by atoms with Gasteiger partial charge < -0.3 is 15.7 Å². The van der Waals surface area contributed by atoms with Gasteiger partial charge in [-0.2, -0.15) is 0 Å². The fourth-order valence-electron chi connectivity index (χ4n) is 1.95. The highest BCUT2D eigenvalue weighted by molar-refractivity contribution is 6.39. The number of carbonyl (C=O) groups is 2. The van der Waals surface area contributed by atoms with Crippen molar-refractivity contribution >= 4 is 29.1 Å². The maximum Gasteiger partial charge on any atom is 0.313 e. The van der Waals surface area contributed by atoms with E-state index < -0.39 is 17.9 Å². The van der Waals surface area contributed by atoms with Gasteiger partial charge in [0, 0.05) is 10.7 Å². The molecular formula is C15H21ClN2O3. The van der Waals surface area contributed by atoms with Crippen molar-refractivity contribution in [3.05, 3.63) is 28.8 Å². The Morgan fingerprint density at radius 3 is 2.48 bits per heavy atom. The van der Waals surface area contributed by atoms with Crippen LogP contribution in [0, 0.1) is 12.8 Å². The van der Waals surface area contributed by atoms with Crippen molar-refractivity contribution in [3.63, 3.8) is 0 Å². The van der Waals surface area contributed by atoms with Gasteiger partial charge in [0.15, 0.2) is 0 Å². The predicted octanol–water partition coefficient (Wildman–Crippen LogP) is 2.11. The average Bonchev–Trinajstić information content (AvgIpc) is 2.40. The van der Waals surface area contributed by atoms with Crippen molar-refractivity contribution in [1.29, 1.82) is 0 Å². The van der Waals surface area contributed by atoms with Crippen LogP contribution in [-0.2, 0) is 9.59 Å². The van der Waals surface area contributed by atoms with Gasteiger partial charge in [-0.1, -0.05) is 25.4 Å². The van der Waals surface area contributed by atoms with Crippen LogP contribution in [-0.4, -0.2) is 29.6 Å². The van der Waals surface area contributed by atoms with Crippen LogP contribution in [0.2, 0.25) is 5.02 Å². The molecule has 0 aromatic heterocycles. The van der Waals surface area contributed by atoms with Gasteiger partial charge in [-0.3, -0.25) is 9.59 Å². The van der Waals surface area contributed by atoms with E-state index in [4.69, 9.17) is 11.6 Å². The Balaban J connectivity index is 2.64. The van der Waals surface area contributed by atoms with Crippen LogP contribution in [0.3, 0.4) is 0 Å². The summed E-state index contributed by atoms with van der Waals surface area (Å²) in [5, 5.41) is 14.8. The van der Waals surface area contributed by atoms with Crippen LogP contribution in [0.5, 0.6) is 0 Å². The monoisotopic (exact) mass is 312 g/mol. The number of aryl methyl sites for hydroxylation is 1. The SMILES string of the molecule is Cc1cc(Cl)ccc1NC(=O)C(=O)NC(CO)CC(C)C. The van der Waals surface area contributed by atoms with E-state index in [1.807, 2.05) is 13.8 Å². The van der Waals surface area contributed by atoms with Gasteiger partial charge in [-0.15, -0.1) is 0 Å². The summed E-state index contributed by atoms with van der Waals surface area (Å²) in [5.74, 6) is -1.21. The number of hydrogen-bond acceptors (Lipinski definition) is 3. The van der Waals surface area contributed by atoms with Crippen molar-refractivity contribution in [2.75, 3.05) is 11.9 Å². The maximum atomic E-state index is 11.8. The fraction of sp³-hybridized carbons (Fsp3) is 0.467. The largest absolute Gasteiger partial charge is 0.394 e. The van der Waals surface area contributed by atoms with E-state index in [0.29, 0.717) is 23.0 Å². The lowest BCUT2D eigenvalue weighted by Gasteiger charge is -2.18. The van der Waals surface area contributed by atoms with Crippen molar-refractivity contribution in [2.45, 2.75) is 33.2 Å². The van der Waals surface area contributed by atoms with E-state index in [0.717, 1.165) is 5.56 Å².